The Morgan fingerprint density at radius 1 is 1.36 bits per heavy atom. The molecule has 0 aromatic heterocycles. The van der Waals surface area contributed by atoms with Gasteiger partial charge in [0.1, 0.15) is 5.82 Å². The molecule has 0 aliphatic carbocycles. The second-order valence-corrected chi connectivity index (χ2v) is 5.97. The first-order chi connectivity index (χ1) is 10.6. The molecule has 116 valence electrons. The fourth-order valence-corrected chi connectivity index (χ4v) is 3.18. The minimum Gasteiger partial charge on any atom is -0.370 e. The topological polar surface area (TPSA) is 41.6 Å². The number of aliphatic imine (C=N–C) groups is 1. The molecule has 1 heterocycles. The van der Waals surface area contributed by atoms with E-state index in [1.165, 1.54) is 11.6 Å². The third-order valence-electron chi connectivity index (χ3n) is 4.30. The van der Waals surface area contributed by atoms with Crippen LogP contribution >= 0.6 is 0 Å². The quantitative estimate of drug-likeness (QED) is 0.528. The minimum absolute atomic E-state index is 0.199. The van der Waals surface area contributed by atoms with E-state index in [9.17, 15) is 4.39 Å². The third-order valence-corrected chi connectivity index (χ3v) is 4.30. The molecule has 2 N–H and O–H groups in total. The van der Waals surface area contributed by atoms with Gasteiger partial charge in [-0.3, -0.25) is 4.99 Å². The molecular formula is C18H22FN3. The van der Waals surface area contributed by atoms with Gasteiger partial charge in [0.05, 0.1) is 0 Å². The SMILES string of the molecule is CCCCN=C(N)N1CC(C)c2c1ccc1cc(F)ccc21. The molecule has 0 saturated carbocycles. The zero-order valence-electron chi connectivity index (χ0n) is 13.1. The van der Waals surface area contributed by atoms with Crippen LogP contribution < -0.4 is 10.6 Å². The van der Waals surface area contributed by atoms with Crippen molar-refractivity contribution in [3.8, 4) is 0 Å². The summed E-state index contributed by atoms with van der Waals surface area (Å²) < 4.78 is 13.4. The number of halogens is 1. The zero-order chi connectivity index (χ0) is 15.7. The summed E-state index contributed by atoms with van der Waals surface area (Å²) in [7, 11) is 0. The maximum atomic E-state index is 13.4. The molecule has 0 saturated heterocycles. The predicted octanol–water partition coefficient (Wildman–Crippen LogP) is 4.02. The summed E-state index contributed by atoms with van der Waals surface area (Å²) in [6.45, 7) is 5.92. The summed E-state index contributed by atoms with van der Waals surface area (Å²) in [6.07, 6.45) is 2.16. The highest BCUT2D eigenvalue weighted by Gasteiger charge is 2.29. The van der Waals surface area contributed by atoms with E-state index >= 15 is 0 Å². The van der Waals surface area contributed by atoms with Crippen molar-refractivity contribution < 1.29 is 4.39 Å². The number of hydrogen-bond donors (Lipinski definition) is 1. The molecule has 22 heavy (non-hydrogen) atoms. The van der Waals surface area contributed by atoms with Crippen LogP contribution in [0.15, 0.2) is 35.3 Å². The largest absolute Gasteiger partial charge is 0.370 e. The first-order valence-corrected chi connectivity index (χ1v) is 7.91. The summed E-state index contributed by atoms with van der Waals surface area (Å²) in [5.74, 6) is 0.736. The summed E-state index contributed by atoms with van der Waals surface area (Å²) in [6, 6.07) is 8.97. The molecule has 1 aliphatic rings. The maximum absolute atomic E-state index is 13.4. The summed E-state index contributed by atoms with van der Waals surface area (Å²) >= 11 is 0. The smallest absolute Gasteiger partial charge is 0.195 e. The predicted molar refractivity (Wildman–Crippen MR) is 91.1 cm³/mol. The van der Waals surface area contributed by atoms with Gasteiger partial charge in [0.2, 0.25) is 0 Å². The van der Waals surface area contributed by atoms with Gasteiger partial charge in [0.25, 0.3) is 0 Å². The number of unbranched alkanes of at least 4 members (excludes halogenated alkanes) is 1. The van der Waals surface area contributed by atoms with Crippen LogP contribution in [0.2, 0.25) is 0 Å². The lowest BCUT2D eigenvalue weighted by atomic mass is 9.96. The molecule has 1 atom stereocenters. The van der Waals surface area contributed by atoms with Crippen molar-refractivity contribution in [2.75, 3.05) is 18.0 Å². The standard InChI is InChI=1S/C18H22FN3/c1-3-4-9-21-18(20)22-11-12(2)17-15-7-6-14(19)10-13(15)5-8-16(17)22/h5-8,10,12H,3-4,9,11H2,1-2H3,(H2,20,21). The van der Waals surface area contributed by atoms with Gasteiger partial charge in [0, 0.05) is 24.7 Å². The van der Waals surface area contributed by atoms with E-state index in [-0.39, 0.29) is 5.82 Å². The number of nitrogens with zero attached hydrogens (tertiary/aromatic N) is 2. The van der Waals surface area contributed by atoms with Crippen molar-refractivity contribution in [2.45, 2.75) is 32.6 Å². The van der Waals surface area contributed by atoms with Crippen LogP contribution in [0.1, 0.15) is 38.2 Å². The summed E-state index contributed by atoms with van der Waals surface area (Å²) in [4.78, 5) is 6.57. The molecule has 0 bridgehead atoms. The number of guanidine groups is 1. The average Bonchev–Trinajstić information content (AvgIpc) is 2.84. The third kappa shape index (κ3) is 2.54. The second kappa shape index (κ2) is 5.95. The fraction of sp³-hybridized carbons (Fsp3) is 0.389. The van der Waals surface area contributed by atoms with Crippen LogP contribution in [0.4, 0.5) is 10.1 Å². The van der Waals surface area contributed by atoms with Crippen molar-refractivity contribution in [1.29, 1.82) is 0 Å². The monoisotopic (exact) mass is 299 g/mol. The van der Waals surface area contributed by atoms with Gasteiger partial charge < -0.3 is 10.6 Å². The number of benzene rings is 2. The van der Waals surface area contributed by atoms with Crippen molar-refractivity contribution >= 4 is 22.4 Å². The lowest BCUT2D eigenvalue weighted by Crippen LogP contribution is -2.36. The average molecular weight is 299 g/mol. The van der Waals surface area contributed by atoms with Gasteiger partial charge >= 0.3 is 0 Å². The highest BCUT2D eigenvalue weighted by Crippen LogP contribution is 2.40. The van der Waals surface area contributed by atoms with Crippen LogP contribution in [0.25, 0.3) is 10.8 Å². The summed E-state index contributed by atoms with van der Waals surface area (Å²) in [5, 5.41) is 2.05. The molecule has 3 rings (SSSR count). The first kappa shape index (κ1) is 14.8. The number of hydrogen-bond acceptors (Lipinski definition) is 1. The number of anilines is 1. The first-order valence-electron chi connectivity index (χ1n) is 7.91. The van der Waals surface area contributed by atoms with Gasteiger partial charge in [-0.05, 0) is 41.0 Å². The van der Waals surface area contributed by atoms with E-state index in [0.717, 1.165) is 42.4 Å². The molecule has 4 heteroatoms. The Hall–Kier alpha value is -2.10. The van der Waals surface area contributed by atoms with Crippen LogP contribution in [-0.4, -0.2) is 19.0 Å². The Morgan fingerprint density at radius 2 is 2.18 bits per heavy atom. The van der Waals surface area contributed by atoms with E-state index in [4.69, 9.17) is 5.73 Å². The Balaban J connectivity index is 2.02. The van der Waals surface area contributed by atoms with Crippen LogP contribution in [0.5, 0.6) is 0 Å². The van der Waals surface area contributed by atoms with Gasteiger partial charge in [0.15, 0.2) is 5.96 Å². The maximum Gasteiger partial charge on any atom is 0.195 e. The number of rotatable bonds is 3. The molecule has 1 aliphatic heterocycles. The highest BCUT2D eigenvalue weighted by atomic mass is 19.1. The fourth-order valence-electron chi connectivity index (χ4n) is 3.18. The van der Waals surface area contributed by atoms with E-state index in [1.54, 1.807) is 6.07 Å². The van der Waals surface area contributed by atoms with Gasteiger partial charge in [-0.1, -0.05) is 32.4 Å². The molecule has 1 unspecified atom stereocenters. The van der Waals surface area contributed by atoms with E-state index in [2.05, 4.69) is 23.7 Å². The van der Waals surface area contributed by atoms with Crippen molar-refractivity contribution in [3.05, 3.63) is 41.7 Å². The van der Waals surface area contributed by atoms with Crippen LogP contribution in [-0.2, 0) is 0 Å². The highest BCUT2D eigenvalue weighted by molar-refractivity contribution is 6.02. The number of fused-ring (bicyclic) bond motifs is 3. The summed E-state index contributed by atoms with van der Waals surface area (Å²) in [5.41, 5.74) is 8.52. The Kier molecular flexibility index (Phi) is 4.01. The van der Waals surface area contributed by atoms with Crippen molar-refractivity contribution in [1.82, 2.24) is 0 Å². The number of nitrogens with two attached hydrogens (primary N) is 1. The van der Waals surface area contributed by atoms with Gasteiger partial charge in [-0.2, -0.15) is 0 Å². The van der Waals surface area contributed by atoms with Crippen molar-refractivity contribution in [3.63, 3.8) is 0 Å². The Bertz CT molecular complexity index is 724. The van der Waals surface area contributed by atoms with Gasteiger partial charge in [-0.25, -0.2) is 4.39 Å². The minimum atomic E-state index is -0.199. The Labute approximate surface area is 130 Å². The molecule has 2 aromatic rings. The molecule has 0 radical (unpaired) electrons. The normalized spacial score (nSPS) is 18.0. The molecule has 3 nitrogen and oxygen atoms in total. The molecular weight excluding hydrogens is 277 g/mol. The lowest BCUT2D eigenvalue weighted by molar-refractivity contribution is 0.629. The van der Waals surface area contributed by atoms with Crippen LogP contribution in [0, 0.1) is 5.82 Å². The second-order valence-electron chi connectivity index (χ2n) is 5.97. The van der Waals surface area contributed by atoms with Crippen LogP contribution in [0.3, 0.4) is 0 Å². The van der Waals surface area contributed by atoms with E-state index < -0.39 is 0 Å². The lowest BCUT2D eigenvalue weighted by Gasteiger charge is -2.18. The molecule has 0 fully saturated rings. The van der Waals surface area contributed by atoms with Crippen molar-refractivity contribution in [2.24, 2.45) is 10.7 Å². The van der Waals surface area contributed by atoms with E-state index in [1.807, 2.05) is 18.2 Å². The Morgan fingerprint density at radius 3 is 2.95 bits per heavy atom. The zero-order valence-corrected chi connectivity index (χ0v) is 13.1. The molecule has 0 amide bonds. The molecule has 0 spiro atoms. The molecule has 2 aromatic carbocycles. The van der Waals surface area contributed by atoms with Gasteiger partial charge in [-0.15, -0.1) is 0 Å². The van der Waals surface area contributed by atoms with E-state index in [0.29, 0.717) is 11.9 Å².